The number of likely N-dealkylation sites (tertiary alicyclic amines) is 4. The molecule has 12 nitrogen and oxygen atoms in total. The lowest BCUT2D eigenvalue weighted by atomic mass is 10.2. The molecule has 4 fully saturated rings. The van der Waals surface area contributed by atoms with Gasteiger partial charge in [0.25, 0.3) is 0 Å². The standard InChI is InChI=1S/C26H42N6O6/c1-7-29(8-2)23(35)31-15-19-13-25(31,17-27(19)5)37-21(33)11-12-22(34)38-26-14-20(28(6)18-26)16-32(26)24(36)30(9-3)10-4/h11-12,19-20H,7-10,13-18H2,1-6H3/b12-11-. The van der Waals surface area contributed by atoms with Crippen LogP contribution in [0.5, 0.6) is 0 Å². The fourth-order valence-electron chi connectivity index (χ4n) is 6.44. The molecule has 212 valence electrons. The molecular weight excluding hydrogens is 492 g/mol. The summed E-state index contributed by atoms with van der Waals surface area (Å²) in [7, 11) is 3.90. The first-order chi connectivity index (χ1) is 18.0. The topological polar surface area (TPSA) is 106 Å². The summed E-state index contributed by atoms with van der Waals surface area (Å²) >= 11 is 0. The average molecular weight is 535 g/mol. The molecule has 4 rings (SSSR count). The van der Waals surface area contributed by atoms with Crippen LogP contribution in [0.25, 0.3) is 0 Å². The van der Waals surface area contributed by atoms with E-state index in [1.165, 1.54) is 0 Å². The number of carbonyl (C=O) groups excluding carboxylic acids is 4. The molecule has 0 aromatic carbocycles. The van der Waals surface area contributed by atoms with Crippen LogP contribution in [-0.4, -0.2) is 143 Å². The minimum Gasteiger partial charge on any atom is -0.434 e. The van der Waals surface area contributed by atoms with E-state index in [4.69, 9.17) is 9.47 Å². The predicted molar refractivity (Wildman–Crippen MR) is 139 cm³/mol. The van der Waals surface area contributed by atoms with Gasteiger partial charge in [-0.25, -0.2) is 19.2 Å². The third-order valence-corrected chi connectivity index (χ3v) is 8.59. The summed E-state index contributed by atoms with van der Waals surface area (Å²) in [5.74, 6) is -1.42. The van der Waals surface area contributed by atoms with Gasteiger partial charge in [-0.2, -0.15) is 0 Å². The number of urea groups is 2. The molecule has 4 heterocycles. The second-order valence-corrected chi connectivity index (χ2v) is 10.7. The summed E-state index contributed by atoms with van der Waals surface area (Å²) in [5, 5.41) is 0. The van der Waals surface area contributed by atoms with E-state index < -0.39 is 23.4 Å². The predicted octanol–water partition coefficient (Wildman–Crippen LogP) is 0.985. The highest BCUT2D eigenvalue weighted by atomic mass is 16.6. The van der Waals surface area contributed by atoms with Gasteiger partial charge in [0.15, 0.2) is 0 Å². The summed E-state index contributed by atoms with van der Waals surface area (Å²) < 4.78 is 11.7. The van der Waals surface area contributed by atoms with Crippen molar-refractivity contribution < 1.29 is 28.7 Å². The molecule has 4 amide bonds. The monoisotopic (exact) mass is 534 g/mol. The first kappa shape index (κ1) is 28.2. The summed E-state index contributed by atoms with van der Waals surface area (Å²) in [6.45, 7) is 11.7. The Morgan fingerprint density at radius 2 is 1.05 bits per heavy atom. The average Bonchev–Trinajstić information content (AvgIpc) is 3.59. The molecule has 38 heavy (non-hydrogen) atoms. The van der Waals surface area contributed by atoms with Crippen molar-refractivity contribution in [1.29, 1.82) is 0 Å². The van der Waals surface area contributed by atoms with Crippen molar-refractivity contribution in [3.05, 3.63) is 12.2 Å². The molecule has 4 aliphatic rings. The number of esters is 2. The van der Waals surface area contributed by atoms with Crippen molar-refractivity contribution in [3.63, 3.8) is 0 Å². The number of rotatable bonds is 8. The summed E-state index contributed by atoms with van der Waals surface area (Å²) in [6, 6.07) is -0.0845. The van der Waals surface area contributed by atoms with Crippen molar-refractivity contribution in [2.24, 2.45) is 0 Å². The number of hydrogen-bond donors (Lipinski definition) is 0. The van der Waals surface area contributed by atoms with Crippen LogP contribution in [-0.2, 0) is 19.1 Å². The molecule has 4 bridgehead atoms. The molecule has 0 spiro atoms. The van der Waals surface area contributed by atoms with Gasteiger partial charge in [0, 0.05) is 76.3 Å². The van der Waals surface area contributed by atoms with E-state index in [0.29, 0.717) is 65.2 Å². The minimum absolute atomic E-state index is 0.111. The third-order valence-electron chi connectivity index (χ3n) is 8.59. The van der Waals surface area contributed by atoms with Gasteiger partial charge in [0.05, 0.1) is 13.1 Å². The number of amides is 4. The quantitative estimate of drug-likeness (QED) is 0.335. The van der Waals surface area contributed by atoms with Crippen LogP contribution in [0, 0.1) is 0 Å². The van der Waals surface area contributed by atoms with E-state index >= 15 is 0 Å². The molecule has 0 aliphatic carbocycles. The largest absolute Gasteiger partial charge is 0.434 e. The second kappa shape index (κ2) is 10.7. The number of nitrogens with zero attached hydrogens (tertiary/aromatic N) is 6. The molecule has 0 N–H and O–H groups in total. The van der Waals surface area contributed by atoms with Crippen molar-refractivity contribution in [2.45, 2.75) is 64.1 Å². The molecule has 0 aromatic heterocycles. The Morgan fingerprint density at radius 3 is 1.34 bits per heavy atom. The highest BCUT2D eigenvalue weighted by molar-refractivity contribution is 5.92. The van der Waals surface area contributed by atoms with Crippen LogP contribution in [0.3, 0.4) is 0 Å². The number of carbonyl (C=O) groups is 4. The van der Waals surface area contributed by atoms with E-state index in [0.717, 1.165) is 12.2 Å². The van der Waals surface area contributed by atoms with Gasteiger partial charge < -0.3 is 19.3 Å². The Kier molecular flexibility index (Phi) is 7.94. The van der Waals surface area contributed by atoms with Crippen molar-refractivity contribution in [3.8, 4) is 0 Å². The minimum atomic E-state index is -1.07. The lowest BCUT2D eigenvalue weighted by Gasteiger charge is -2.42. The Morgan fingerprint density at radius 1 is 0.711 bits per heavy atom. The Balaban J connectivity index is 1.43. The van der Waals surface area contributed by atoms with Gasteiger partial charge in [0.1, 0.15) is 0 Å². The Labute approximate surface area is 225 Å². The molecule has 4 saturated heterocycles. The zero-order valence-electron chi connectivity index (χ0n) is 23.5. The van der Waals surface area contributed by atoms with Crippen LogP contribution < -0.4 is 0 Å². The number of likely N-dealkylation sites (N-methyl/N-ethyl adjacent to an activating group) is 2. The van der Waals surface area contributed by atoms with Gasteiger partial charge in [-0.05, 0) is 41.8 Å². The van der Waals surface area contributed by atoms with E-state index in [2.05, 4.69) is 9.80 Å². The summed E-state index contributed by atoms with van der Waals surface area (Å²) in [6.07, 6.45) is 3.17. The molecule has 4 unspecified atom stereocenters. The molecule has 4 atom stereocenters. The normalized spacial score (nSPS) is 30.4. The number of piperazine rings is 2. The lowest BCUT2D eigenvalue weighted by Crippen LogP contribution is -2.60. The Hall–Kier alpha value is -2.86. The third kappa shape index (κ3) is 4.84. The zero-order chi connectivity index (χ0) is 27.8. The molecular formula is C26H42N6O6. The van der Waals surface area contributed by atoms with Crippen LogP contribution in [0.15, 0.2) is 12.2 Å². The van der Waals surface area contributed by atoms with E-state index in [9.17, 15) is 19.2 Å². The maximum absolute atomic E-state index is 13.1. The van der Waals surface area contributed by atoms with Gasteiger partial charge >= 0.3 is 24.0 Å². The molecule has 4 aliphatic heterocycles. The molecule has 0 saturated carbocycles. The van der Waals surface area contributed by atoms with Gasteiger partial charge in [-0.3, -0.25) is 19.6 Å². The zero-order valence-corrected chi connectivity index (χ0v) is 23.5. The van der Waals surface area contributed by atoms with Crippen molar-refractivity contribution in [2.75, 3.05) is 66.5 Å². The maximum Gasteiger partial charge on any atom is 0.333 e. The molecule has 0 aromatic rings. The second-order valence-electron chi connectivity index (χ2n) is 10.7. The fourth-order valence-corrected chi connectivity index (χ4v) is 6.44. The smallest absolute Gasteiger partial charge is 0.333 e. The first-order valence-electron chi connectivity index (χ1n) is 13.7. The first-order valence-corrected chi connectivity index (χ1v) is 13.7. The number of hydrogen-bond acceptors (Lipinski definition) is 8. The SMILES string of the molecule is CCN(CC)C(=O)N1CC2CC1(OC(=O)/C=C\C(=O)OC13CC(CN1C(=O)N(CC)CC)N(C)C3)CN2C. The van der Waals surface area contributed by atoms with Crippen LogP contribution >= 0.6 is 0 Å². The van der Waals surface area contributed by atoms with E-state index in [-0.39, 0.29) is 24.1 Å². The maximum atomic E-state index is 13.1. The summed E-state index contributed by atoms with van der Waals surface area (Å²) in [5.41, 5.74) is -2.13. The number of ether oxygens (including phenoxy) is 2. The van der Waals surface area contributed by atoms with Crippen LogP contribution in [0.2, 0.25) is 0 Å². The van der Waals surface area contributed by atoms with Gasteiger partial charge in [-0.1, -0.05) is 0 Å². The summed E-state index contributed by atoms with van der Waals surface area (Å²) in [4.78, 5) is 63.0. The van der Waals surface area contributed by atoms with Crippen molar-refractivity contribution >= 4 is 24.0 Å². The molecule has 0 radical (unpaired) electrons. The van der Waals surface area contributed by atoms with Gasteiger partial charge in [-0.15, -0.1) is 0 Å². The lowest BCUT2D eigenvalue weighted by molar-refractivity contribution is -0.171. The van der Waals surface area contributed by atoms with E-state index in [1.807, 2.05) is 41.8 Å². The van der Waals surface area contributed by atoms with Gasteiger partial charge in [0.2, 0.25) is 11.4 Å². The Bertz CT molecular complexity index is 899. The fraction of sp³-hybridized carbons (Fsp3) is 0.769. The highest BCUT2D eigenvalue weighted by Crippen LogP contribution is 2.42. The van der Waals surface area contributed by atoms with Crippen molar-refractivity contribution in [1.82, 2.24) is 29.4 Å². The number of fused-ring (bicyclic) bond motifs is 4. The van der Waals surface area contributed by atoms with Crippen LogP contribution in [0.1, 0.15) is 40.5 Å². The highest BCUT2D eigenvalue weighted by Gasteiger charge is 2.60. The van der Waals surface area contributed by atoms with Crippen LogP contribution in [0.4, 0.5) is 9.59 Å². The van der Waals surface area contributed by atoms with E-state index in [1.54, 1.807) is 19.6 Å². The molecule has 12 heteroatoms.